The Labute approximate surface area is 128 Å². The van der Waals surface area contributed by atoms with E-state index in [2.05, 4.69) is 5.32 Å². The van der Waals surface area contributed by atoms with Crippen molar-refractivity contribution in [2.24, 2.45) is 5.73 Å². The van der Waals surface area contributed by atoms with Gasteiger partial charge >= 0.3 is 0 Å². The highest BCUT2D eigenvalue weighted by atomic mass is 35.5. The predicted molar refractivity (Wildman–Crippen MR) is 80.1 cm³/mol. The van der Waals surface area contributed by atoms with Gasteiger partial charge in [-0.25, -0.2) is 0 Å². The first-order chi connectivity index (χ1) is 9.61. The molecule has 0 unspecified atom stereocenters. The molecule has 1 saturated heterocycles. The van der Waals surface area contributed by atoms with E-state index in [1.807, 2.05) is 12.1 Å². The lowest BCUT2D eigenvalue weighted by Crippen LogP contribution is -2.36. The standard InChI is InChI=1S/C14H18Cl2N2O2/c15-11-3-1-2-9(13(11)16)6-7-18-14(19)12-5-4-10(8-17)20-12/h1-3,10,12H,4-8,17H2,(H,18,19)/t10-,12+/m1/s1. The highest BCUT2D eigenvalue weighted by Gasteiger charge is 2.29. The summed E-state index contributed by atoms with van der Waals surface area (Å²) >= 11 is 12.0. The summed E-state index contributed by atoms with van der Waals surface area (Å²) in [7, 11) is 0. The van der Waals surface area contributed by atoms with Crippen LogP contribution in [0.1, 0.15) is 18.4 Å². The summed E-state index contributed by atoms with van der Waals surface area (Å²) in [6.07, 6.45) is 1.84. The molecule has 20 heavy (non-hydrogen) atoms. The van der Waals surface area contributed by atoms with Gasteiger partial charge in [-0.05, 0) is 30.9 Å². The molecule has 2 rings (SSSR count). The molecule has 4 nitrogen and oxygen atoms in total. The number of halogens is 2. The number of ether oxygens (including phenoxy) is 1. The van der Waals surface area contributed by atoms with Gasteiger partial charge in [-0.1, -0.05) is 35.3 Å². The number of hydrogen-bond donors (Lipinski definition) is 2. The summed E-state index contributed by atoms with van der Waals surface area (Å²) < 4.78 is 5.53. The van der Waals surface area contributed by atoms with E-state index in [9.17, 15) is 4.79 Å². The van der Waals surface area contributed by atoms with Crippen LogP contribution in [-0.2, 0) is 16.0 Å². The number of amides is 1. The molecule has 1 aliphatic heterocycles. The van der Waals surface area contributed by atoms with Crippen LogP contribution in [0.4, 0.5) is 0 Å². The van der Waals surface area contributed by atoms with E-state index in [0.29, 0.717) is 29.6 Å². The quantitative estimate of drug-likeness (QED) is 0.875. The van der Waals surface area contributed by atoms with Gasteiger partial charge in [0, 0.05) is 13.1 Å². The number of nitrogens with two attached hydrogens (primary N) is 1. The lowest BCUT2D eigenvalue weighted by molar-refractivity contribution is -0.131. The van der Waals surface area contributed by atoms with E-state index in [1.165, 1.54) is 0 Å². The smallest absolute Gasteiger partial charge is 0.249 e. The maximum atomic E-state index is 11.9. The van der Waals surface area contributed by atoms with Crippen LogP contribution < -0.4 is 11.1 Å². The van der Waals surface area contributed by atoms with Gasteiger partial charge in [-0.2, -0.15) is 0 Å². The minimum Gasteiger partial charge on any atom is -0.364 e. The molecule has 0 aromatic heterocycles. The van der Waals surface area contributed by atoms with Gasteiger partial charge in [0.05, 0.1) is 16.1 Å². The number of hydrogen-bond acceptors (Lipinski definition) is 3. The Morgan fingerprint density at radius 3 is 2.90 bits per heavy atom. The monoisotopic (exact) mass is 316 g/mol. The van der Waals surface area contributed by atoms with Crippen molar-refractivity contribution in [3.8, 4) is 0 Å². The van der Waals surface area contributed by atoms with Crippen LogP contribution in [0.15, 0.2) is 18.2 Å². The third kappa shape index (κ3) is 3.85. The Morgan fingerprint density at radius 2 is 2.20 bits per heavy atom. The van der Waals surface area contributed by atoms with E-state index in [4.69, 9.17) is 33.7 Å². The van der Waals surface area contributed by atoms with Crippen molar-refractivity contribution in [1.82, 2.24) is 5.32 Å². The highest BCUT2D eigenvalue weighted by Crippen LogP contribution is 2.25. The fourth-order valence-corrected chi connectivity index (χ4v) is 2.66. The molecule has 1 aliphatic rings. The SMILES string of the molecule is NC[C@H]1CC[C@@H](C(=O)NCCc2cccc(Cl)c2Cl)O1. The molecule has 1 aromatic carbocycles. The number of nitrogens with one attached hydrogen (secondary N) is 1. The van der Waals surface area contributed by atoms with Crippen molar-refractivity contribution in [3.05, 3.63) is 33.8 Å². The zero-order valence-corrected chi connectivity index (χ0v) is 12.6. The molecule has 0 aliphatic carbocycles. The summed E-state index contributed by atoms with van der Waals surface area (Å²) in [6, 6.07) is 5.49. The van der Waals surface area contributed by atoms with Crippen LogP contribution in [-0.4, -0.2) is 31.2 Å². The van der Waals surface area contributed by atoms with E-state index in [0.717, 1.165) is 18.4 Å². The van der Waals surface area contributed by atoms with Crippen molar-refractivity contribution in [2.45, 2.75) is 31.5 Å². The van der Waals surface area contributed by atoms with Gasteiger partial charge in [0.2, 0.25) is 5.91 Å². The van der Waals surface area contributed by atoms with Crippen LogP contribution in [0.5, 0.6) is 0 Å². The van der Waals surface area contributed by atoms with Crippen molar-refractivity contribution >= 4 is 29.1 Å². The first kappa shape index (κ1) is 15.6. The Balaban J connectivity index is 1.78. The van der Waals surface area contributed by atoms with Crippen LogP contribution in [0.2, 0.25) is 10.0 Å². The molecule has 0 bridgehead atoms. The maximum Gasteiger partial charge on any atom is 0.249 e. The topological polar surface area (TPSA) is 64.4 Å². The van der Waals surface area contributed by atoms with Gasteiger partial charge in [-0.3, -0.25) is 4.79 Å². The normalized spacial score (nSPS) is 21.9. The minimum atomic E-state index is -0.376. The van der Waals surface area contributed by atoms with Crippen LogP contribution in [0, 0.1) is 0 Å². The number of carbonyl (C=O) groups excluding carboxylic acids is 1. The maximum absolute atomic E-state index is 11.9. The van der Waals surface area contributed by atoms with Crippen LogP contribution in [0.25, 0.3) is 0 Å². The number of benzene rings is 1. The fourth-order valence-electron chi connectivity index (χ4n) is 2.25. The van der Waals surface area contributed by atoms with E-state index in [1.54, 1.807) is 6.07 Å². The van der Waals surface area contributed by atoms with Crippen LogP contribution >= 0.6 is 23.2 Å². The molecule has 3 N–H and O–H groups in total. The summed E-state index contributed by atoms with van der Waals surface area (Å²) in [4.78, 5) is 11.9. The summed E-state index contributed by atoms with van der Waals surface area (Å²) in [5.41, 5.74) is 6.44. The van der Waals surface area contributed by atoms with E-state index in [-0.39, 0.29) is 18.1 Å². The third-order valence-electron chi connectivity index (χ3n) is 3.39. The molecule has 0 spiro atoms. The van der Waals surface area contributed by atoms with Crippen molar-refractivity contribution in [1.29, 1.82) is 0 Å². The molecule has 1 heterocycles. The number of rotatable bonds is 5. The van der Waals surface area contributed by atoms with Gasteiger partial charge in [-0.15, -0.1) is 0 Å². The molecule has 6 heteroatoms. The lowest BCUT2D eigenvalue weighted by Gasteiger charge is -2.13. The lowest BCUT2D eigenvalue weighted by atomic mass is 10.1. The molecule has 0 radical (unpaired) electrons. The van der Waals surface area contributed by atoms with Gasteiger partial charge in [0.25, 0.3) is 0 Å². The minimum absolute atomic E-state index is 0.00752. The Bertz CT molecular complexity index is 482. The molecule has 1 aromatic rings. The molecule has 2 atom stereocenters. The van der Waals surface area contributed by atoms with E-state index >= 15 is 0 Å². The molecule has 1 amide bonds. The van der Waals surface area contributed by atoms with Crippen molar-refractivity contribution in [3.63, 3.8) is 0 Å². The van der Waals surface area contributed by atoms with Crippen molar-refractivity contribution in [2.75, 3.05) is 13.1 Å². The second-order valence-corrected chi connectivity index (χ2v) is 5.60. The zero-order valence-electron chi connectivity index (χ0n) is 11.1. The molecular formula is C14H18Cl2N2O2. The molecule has 110 valence electrons. The fraction of sp³-hybridized carbons (Fsp3) is 0.500. The van der Waals surface area contributed by atoms with Crippen LogP contribution in [0.3, 0.4) is 0 Å². The summed E-state index contributed by atoms with van der Waals surface area (Å²) in [5.74, 6) is -0.0842. The highest BCUT2D eigenvalue weighted by molar-refractivity contribution is 6.42. The second-order valence-electron chi connectivity index (χ2n) is 4.81. The predicted octanol–water partition coefficient (Wildman–Crippen LogP) is 2.16. The summed E-state index contributed by atoms with van der Waals surface area (Å²) in [6.45, 7) is 0.966. The first-order valence-electron chi connectivity index (χ1n) is 6.68. The van der Waals surface area contributed by atoms with Crippen molar-refractivity contribution < 1.29 is 9.53 Å². The Kier molecular flexibility index (Phi) is 5.66. The average Bonchev–Trinajstić information content (AvgIpc) is 2.92. The zero-order chi connectivity index (χ0) is 14.5. The van der Waals surface area contributed by atoms with Gasteiger partial charge in [0.15, 0.2) is 0 Å². The number of carbonyl (C=O) groups is 1. The second kappa shape index (κ2) is 7.27. The Hall–Kier alpha value is -0.810. The Morgan fingerprint density at radius 1 is 1.40 bits per heavy atom. The third-order valence-corrected chi connectivity index (χ3v) is 4.25. The molecule has 1 fully saturated rings. The first-order valence-corrected chi connectivity index (χ1v) is 7.43. The largest absolute Gasteiger partial charge is 0.364 e. The van der Waals surface area contributed by atoms with Gasteiger partial charge < -0.3 is 15.8 Å². The summed E-state index contributed by atoms with van der Waals surface area (Å²) in [5, 5.41) is 3.93. The molecular weight excluding hydrogens is 299 g/mol. The van der Waals surface area contributed by atoms with E-state index < -0.39 is 0 Å². The average molecular weight is 317 g/mol. The van der Waals surface area contributed by atoms with Gasteiger partial charge in [0.1, 0.15) is 6.10 Å². The molecule has 0 saturated carbocycles.